The third kappa shape index (κ3) is 8.15. The van der Waals surface area contributed by atoms with E-state index in [2.05, 4.69) is 5.32 Å². The van der Waals surface area contributed by atoms with Crippen LogP contribution in [0.2, 0.25) is 0 Å². The van der Waals surface area contributed by atoms with E-state index < -0.39 is 36.7 Å². The van der Waals surface area contributed by atoms with Crippen LogP contribution in [0, 0.1) is 0 Å². The highest BCUT2D eigenvalue weighted by Crippen LogP contribution is 2.27. The molecule has 0 fully saturated rings. The van der Waals surface area contributed by atoms with Crippen molar-refractivity contribution in [3.63, 3.8) is 0 Å². The van der Waals surface area contributed by atoms with E-state index in [1.807, 2.05) is 12.1 Å². The number of ether oxygens (including phenoxy) is 3. The highest BCUT2D eigenvalue weighted by molar-refractivity contribution is 5.84. The predicted octanol–water partition coefficient (Wildman–Crippen LogP) is 1.68. The molecule has 1 rings (SSSR count). The Balaban J connectivity index is 2.60. The fourth-order valence-electron chi connectivity index (χ4n) is 2.29. The first kappa shape index (κ1) is 23.1. The second-order valence-electron chi connectivity index (χ2n) is 7.02. The summed E-state index contributed by atoms with van der Waals surface area (Å²) in [6, 6.07) is 5.43. The quantitative estimate of drug-likeness (QED) is 0.653. The maximum absolute atomic E-state index is 12.1. The van der Waals surface area contributed by atoms with E-state index in [4.69, 9.17) is 19.3 Å². The summed E-state index contributed by atoms with van der Waals surface area (Å²) in [5.74, 6) is -0.516. The largest absolute Gasteiger partial charge is 0.493 e. The van der Waals surface area contributed by atoms with Gasteiger partial charge in [0.15, 0.2) is 11.5 Å². The monoisotopic (exact) mass is 396 g/mol. The molecule has 0 spiro atoms. The number of amides is 2. The minimum atomic E-state index is -1.23. The number of carboxylic acids is 1. The number of benzene rings is 1. The number of methoxy groups -OCH3 is 2. The van der Waals surface area contributed by atoms with Crippen molar-refractivity contribution in [2.24, 2.45) is 0 Å². The first-order chi connectivity index (χ1) is 13.1. The SMILES string of the molecule is COc1ccc(CCNC(=O)CN(CC(=O)O)C(=O)OC(C)(C)C)cc1OC. The number of nitrogens with one attached hydrogen (secondary N) is 1. The number of hydrogen-bond donors (Lipinski definition) is 2. The minimum absolute atomic E-state index is 0.309. The Kier molecular flexibility index (Phi) is 8.56. The van der Waals surface area contributed by atoms with Crippen molar-refractivity contribution in [3.05, 3.63) is 23.8 Å². The van der Waals surface area contributed by atoms with Crippen molar-refractivity contribution in [2.45, 2.75) is 32.8 Å². The van der Waals surface area contributed by atoms with E-state index >= 15 is 0 Å². The molecule has 0 unspecified atom stereocenters. The van der Waals surface area contributed by atoms with Gasteiger partial charge < -0.3 is 24.6 Å². The van der Waals surface area contributed by atoms with Crippen LogP contribution in [0.5, 0.6) is 11.5 Å². The van der Waals surface area contributed by atoms with Gasteiger partial charge in [-0.25, -0.2) is 4.79 Å². The summed E-state index contributed by atoms with van der Waals surface area (Å²) in [6.45, 7) is 4.25. The summed E-state index contributed by atoms with van der Waals surface area (Å²) in [5, 5.41) is 11.6. The lowest BCUT2D eigenvalue weighted by atomic mass is 10.1. The molecule has 0 saturated heterocycles. The second kappa shape index (κ2) is 10.4. The Bertz CT molecular complexity index is 698. The van der Waals surface area contributed by atoms with Crippen molar-refractivity contribution in [3.8, 4) is 11.5 Å². The third-order valence-electron chi connectivity index (χ3n) is 3.50. The van der Waals surface area contributed by atoms with E-state index in [0.29, 0.717) is 24.5 Å². The lowest BCUT2D eigenvalue weighted by Crippen LogP contribution is -2.45. The molecule has 0 aliphatic heterocycles. The molecule has 28 heavy (non-hydrogen) atoms. The average molecular weight is 396 g/mol. The maximum atomic E-state index is 12.1. The molecule has 0 radical (unpaired) electrons. The predicted molar refractivity (Wildman–Crippen MR) is 102 cm³/mol. The number of nitrogens with zero attached hydrogens (tertiary/aromatic N) is 1. The van der Waals surface area contributed by atoms with Crippen LogP contribution in [0.1, 0.15) is 26.3 Å². The zero-order valence-electron chi connectivity index (χ0n) is 16.9. The Labute approximate surface area is 164 Å². The molecule has 0 aromatic heterocycles. The zero-order chi connectivity index (χ0) is 21.3. The molecule has 2 amide bonds. The normalized spacial score (nSPS) is 10.8. The van der Waals surface area contributed by atoms with Gasteiger partial charge in [-0.2, -0.15) is 0 Å². The molecule has 2 N–H and O–H groups in total. The van der Waals surface area contributed by atoms with Gasteiger partial charge in [-0.3, -0.25) is 14.5 Å². The van der Waals surface area contributed by atoms with Gasteiger partial charge in [0.25, 0.3) is 0 Å². The molecule has 0 aliphatic rings. The number of carbonyl (C=O) groups is 3. The number of hydrogen-bond acceptors (Lipinski definition) is 6. The van der Waals surface area contributed by atoms with E-state index in [0.717, 1.165) is 10.5 Å². The van der Waals surface area contributed by atoms with Crippen LogP contribution >= 0.6 is 0 Å². The van der Waals surface area contributed by atoms with Gasteiger partial charge in [-0.05, 0) is 44.9 Å². The molecule has 0 saturated carbocycles. The molecular weight excluding hydrogens is 368 g/mol. The molecule has 0 heterocycles. The molecular formula is C19H28N2O7. The van der Waals surface area contributed by atoms with Gasteiger partial charge in [-0.15, -0.1) is 0 Å². The summed E-state index contributed by atoms with van der Waals surface area (Å²) in [7, 11) is 3.09. The van der Waals surface area contributed by atoms with Gasteiger partial charge in [0.05, 0.1) is 14.2 Å². The summed E-state index contributed by atoms with van der Waals surface area (Å²) < 4.78 is 15.5. The Morgan fingerprint density at radius 2 is 1.71 bits per heavy atom. The van der Waals surface area contributed by atoms with Crippen LogP contribution in [0.15, 0.2) is 18.2 Å². The molecule has 0 atom stereocenters. The van der Waals surface area contributed by atoms with Crippen molar-refractivity contribution < 1.29 is 33.7 Å². The van der Waals surface area contributed by atoms with E-state index in [1.54, 1.807) is 33.9 Å². The molecule has 9 heteroatoms. The van der Waals surface area contributed by atoms with Gasteiger partial charge >= 0.3 is 12.1 Å². The fourth-order valence-corrected chi connectivity index (χ4v) is 2.29. The Morgan fingerprint density at radius 3 is 2.25 bits per heavy atom. The zero-order valence-corrected chi connectivity index (χ0v) is 16.9. The van der Waals surface area contributed by atoms with E-state index in [9.17, 15) is 14.4 Å². The summed E-state index contributed by atoms with van der Waals surface area (Å²) in [4.78, 5) is 36.0. The minimum Gasteiger partial charge on any atom is -0.493 e. The van der Waals surface area contributed by atoms with Gasteiger partial charge in [0.2, 0.25) is 5.91 Å². The lowest BCUT2D eigenvalue weighted by molar-refractivity contribution is -0.138. The maximum Gasteiger partial charge on any atom is 0.411 e. The number of rotatable bonds is 9. The lowest BCUT2D eigenvalue weighted by Gasteiger charge is -2.26. The summed E-state index contributed by atoms with van der Waals surface area (Å²) in [6.07, 6.45) is -0.331. The number of carboxylic acid groups (broad SMARTS) is 1. The van der Waals surface area contributed by atoms with Crippen LogP contribution in [-0.2, 0) is 20.7 Å². The van der Waals surface area contributed by atoms with Crippen molar-refractivity contribution >= 4 is 18.0 Å². The summed E-state index contributed by atoms with van der Waals surface area (Å²) in [5.41, 5.74) is 0.130. The molecule has 0 bridgehead atoms. The van der Waals surface area contributed by atoms with Gasteiger partial charge in [-0.1, -0.05) is 6.07 Å². The second-order valence-corrected chi connectivity index (χ2v) is 7.02. The van der Waals surface area contributed by atoms with Gasteiger partial charge in [0.1, 0.15) is 18.7 Å². The van der Waals surface area contributed by atoms with Crippen molar-refractivity contribution in [2.75, 3.05) is 33.9 Å². The molecule has 9 nitrogen and oxygen atoms in total. The molecule has 156 valence electrons. The smallest absolute Gasteiger partial charge is 0.411 e. The average Bonchev–Trinajstić information content (AvgIpc) is 2.59. The highest BCUT2D eigenvalue weighted by Gasteiger charge is 2.25. The first-order valence-corrected chi connectivity index (χ1v) is 8.73. The molecule has 1 aromatic carbocycles. The van der Waals surface area contributed by atoms with E-state index in [1.165, 1.54) is 7.11 Å². The van der Waals surface area contributed by atoms with Gasteiger partial charge in [0, 0.05) is 6.54 Å². The number of aliphatic carboxylic acids is 1. The van der Waals surface area contributed by atoms with Crippen molar-refractivity contribution in [1.29, 1.82) is 0 Å². The van der Waals surface area contributed by atoms with Crippen LogP contribution < -0.4 is 14.8 Å². The fraction of sp³-hybridized carbons (Fsp3) is 0.526. The van der Waals surface area contributed by atoms with Crippen LogP contribution in [0.25, 0.3) is 0 Å². The Morgan fingerprint density at radius 1 is 1.07 bits per heavy atom. The third-order valence-corrected chi connectivity index (χ3v) is 3.50. The van der Waals surface area contributed by atoms with Crippen LogP contribution in [0.4, 0.5) is 4.79 Å². The Hall–Kier alpha value is -2.97. The van der Waals surface area contributed by atoms with E-state index in [-0.39, 0.29) is 0 Å². The van der Waals surface area contributed by atoms with Crippen molar-refractivity contribution in [1.82, 2.24) is 10.2 Å². The van der Waals surface area contributed by atoms with Crippen LogP contribution in [0.3, 0.4) is 0 Å². The first-order valence-electron chi connectivity index (χ1n) is 8.73. The summed E-state index contributed by atoms with van der Waals surface area (Å²) >= 11 is 0. The van der Waals surface area contributed by atoms with Crippen LogP contribution in [-0.4, -0.2) is 67.4 Å². The standard InChI is InChI=1S/C19H28N2O7/c1-19(2,3)28-18(25)21(12-17(23)24)11-16(22)20-9-8-13-6-7-14(26-4)15(10-13)27-5/h6-7,10H,8-9,11-12H2,1-5H3,(H,20,22)(H,23,24). The molecule has 1 aromatic rings. The number of carbonyl (C=O) groups excluding carboxylic acids is 2. The highest BCUT2D eigenvalue weighted by atomic mass is 16.6. The topological polar surface area (TPSA) is 114 Å². The molecule has 0 aliphatic carbocycles.